The summed E-state index contributed by atoms with van der Waals surface area (Å²) in [6, 6.07) is 7.20. The maximum atomic E-state index is 11.2. The third kappa shape index (κ3) is 2.91. The van der Waals surface area contributed by atoms with Crippen LogP contribution in [-0.4, -0.2) is 25.4 Å². The molecule has 3 aromatic rings. The summed E-state index contributed by atoms with van der Waals surface area (Å²) in [4.78, 5) is 25.8. The van der Waals surface area contributed by atoms with Crippen molar-refractivity contribution >= 4 is 40.5 Å². The van der Waals surface area contributed by atoms with Crippen LogP contribution in [0.1, 0.15) is 5.69 Å². The van der Waals surface area contributed by atoms with E-state index in [1.165, 1.54) is 40.9 Å². The highest BCUT2D eigenvalue weighted by Crippen LogP contribution is 2.31. The monoisotopic (exact) mass is 365 g/mol. The zero-order chi connectivity index (χ0) is 17.4. The van der Waals surface area contributed by atoms with Crippen molar-refractivity contribution in [3.63, 3.8) is 0 Å². The van der Waals surface area contributed by atoms with E-state index in [4.69, 9.17) is 23.2 Å². The molecule has 0 aliphatic rings. The first kappa shape index (κ1) is 16.2. The second-order valence-electron chi connectivity index (χ2n) is 4.98. The Morgan fingerprint density at radius 3 is 2.54 bits per heavy atom. The Kier molecular flexibility index (Phi) is 4.13. The quantitative estimate of drug-likeness (QED) is 0.559. The highest BCUT2D eigenvalue weighted by atomic mass is 35.5. The van der Waals surface area contributed by atoms with E-state index >= 15 is 0 Å². The van der Waals surface area contributed by atoms with Crippen LogP contribution in [0.5, 0.6) is 0 Å². The predicted molar refractivity (Wildman–Crippen MR) is 88.6 cm³/mol. The molecular weight excluding hydrogens is 357 g/mol. The average molecular weight is 366 g/mol. The highest BCUT2D eigenvalue weighted by Gasteiger charge is 2.19. The van der Waals surface area contributed by atoms with Gasteiger partial charge in [-0.3, -0.25) is 14.9 Å². The van der Waals surface area contributed by atoms with Gasteiger partial charge in [0.15, 0.2) is 5.65 Å². The smallest absolute Gasteiger partial charge is 0.309 e. The van der Waals surface area contributed by atoms with Crippen molar-refractivity contribution < 1.29 is 14.8 Å². The second kappa shape index (κ2) is 6.10. The molecule has 9 heteroatoms. The Balaban J connectivity index is 2.24. The summed E-state index contributed by atoms with van der Waals surface area (Å²) in [6.07, 6.45) is 1.23. The van der Waals surface area contributed by atoms with Crippen LogP contribution in [0.2, 0.25) is 10.0 Å². The molecule has 1 aromatic carbocycles. The number of carboxylic acids is 1. The lowest BCUT2D eigenvalue weighted by molar-refractivity contribution is -0.384. The number of pyridine rings is 1. The van der Waals surface area contributed by atoms with Crippen LogP contribution >= 0.6 is 23.2 Å². The summed E-state index contributed by atoms with van der Waals surface area (Å²) < 4.78 is 1.52. The molecule has 0 unspecified atom stereocenters. The van der Waals surface area contributed by atoms with E-state index in [9.17, 15) is 20.0 Å². The van der Waals surface area contributed by atoms with Gasteiger partial charge in [0.1, 0.15) is 0 Å². The number of halogens is 2. The lowest BCUT2D eigenvalue weighted by atomic mass is 10.1. The lowest BCUT2D eigenvalue weighted by Gasteiger charge is -2.04. The summed E-state index contributed by atoms with van der Waals surface area (Å²) >= 11 is 12.1. The van der Waals surface area contributed by atoms with Crippen LogP contribution in [0.15, 0.2) is 36.5 Å². The molecule has 0 fully saturated rings. The van der Waals surface area contributed by atoms with Crippen LogP contribution in [0.4, 0.5) is 5.69 Å². The third-order valence-electron chi connectivity index (χ3n) is 3.41. The van der Waals surface area contributed by atoms with Crippen LogP contribution in [0.3, 0.4) is 0 Å². The van der Waals surface area contributed by atoms with E-state index < -0.39 is 10.9 Å². The minimum absolute atomic E-state index is 0.0663. The molecular formula is C15H9Cl2N3O4. The first-order valence-electron chi connectivity index (χ1n) is 6.69. The molecule has 0 atom stereocenters. The summed E-state index contributed by atoms with van der Waals surface area (Å²) in [5.41, 5.74) is 1.62. The number of nitrogens with zero attached hydrogens (tertiary/aromatic N) is 3. The van der Waals surface area contributed by atoms with Crippen molar-refractivity contribution in [3.05, 3.63) is 62.4 Å². The number of rotatable bonds is 4. The summed E-state index contributed by atoms with van der Waals surface area (Å²) in [5, 5.41) is 20.6. The van der Waals surface area contributed by atoms with Crippen molar-refractivity contribution in [2.75, 3.05) is 0 Å². The number of fused-ring (bicyclic) bond motifs is 1. The molecule has 0 saturated carbocycles. The van der Waals surface area contributed by atoms with E-state index in [2.05, 4.69) is 4.98 Å². The number of benzene rings is 1. The number of carboxylic acid groups (broad SMARTS) is 1. The number of aliphatic carboxylic acids is 1. The Hall–Kier alpha value is -2.64. The van der Waals surface area contributed by atoms with E-state index in [0.717, 1.165) is 0 Å². The number of imidazole rings is 1. The largest absolute Gasteiger partial charge is 0.481 e. The molecule has 0 saturated heterocycles. The number of aromatic nitrogens is 2. The summed E-state index contributed by atoms with van der Waals surface area (Å²) in [5.74, 6) is -1.05. The molecule has 7 nitrogen and oxygen atoms in total. The number of nitro benzene ring substituents is 1. The Morgan fingerprint density at radius 2 is 1.96 bits per heavy atom. The minimum Gasteiger partial charge on any atom is -0.481 e. The van der Waals surface area contributed by atoms with E-state index in [1.807, 2.05) is 0 Å². The maximum absolute atomic E-state index is 11.2. The molecule has 0 radical (unpaired) electrons. The summed E-state index contributed by atoms with van der Waals surface area (Å²) in [7, 11) is 0. The van der Waals surface area contributed by atoms with Crippen molar-refractivity contribution in [1.82, 2.24) is 9.38 Å². The molecule has 3 rings (SSSR count). The molecule has 0 spiro atoms. The minimum atomic E-state index is -1.05. The maximum Gasteiger partial charge on any atom is 0.309 e. The average Bonchev–Trinajstić information content (AvgIpc) is 2.86. The van der Waals surface area contributed by atoms with Crippen molar-refractivity contribution in [2.45, 2.75) is 6.42 Å². The molecule has 0 bridgehead atoms. The summed E-state index contributed by atoms with van der Waals surface area (Å²) in [6.45, 7) is 0. The van der Waals surface area contributed by atoms with Crippen molar-refractivity contribution in [3.8, 4) is 11.3 Å². The Bertz CT molecular complexity index is 967. The van der Waals surface area contributed by atoms with Crippen molar-refractivity contribution in [1.29, 1.82) is 0 Å². The highest BCUT2D eigenvalue weighted by molar-refractivity contribution is 6.36. The van der Waals surface area contributed by atoms with Gasteiger partial charge in [0.2, 0.25) is 0 Å². The first-order valence-corrected chi connectivity index (χ1v) is 7.45. The van der Waals surface area contributed by atoms with E-state index in [1.54, 1.807) is 0 Å². The standard InChI is InChI=1S/C15H9Cl2N3O4/c16-9-5-11(17)15-18-14(12(6-13(21)22)19(15)7-9)8-1-3-10(4-2-8)20(23)24/h1-5,7H,6H2,(H,21,22). The Labute approximate surface area is 145 Å². The number of hydrogen-bond donors (Lipinski definition) is 1. The molecule has 24 heavy (non-hydrogen) atoms. The SMILES string of the molecule is O=C(O)Cc1c(-c2ccc([N+](=O)[O-])cc2)nc2c(Cl)cc(Cl)cn12. The number of hydrogen-bond acceptors (Lipinski definition) is 4. The topological polar surface area (TPSA) is 97.7 Å². The number of non-ortho nitro benzene ring substituents is 1. The van der Waals surface area contributed by atoms with Gasteiger partial charge >= 0.3 is 5.97 Å². The predicted octanol–water partition coefficient (Wildman–Crippen LogP) is 3.84. The number of nitro groups is 1. The van der Waals surface area contributed by atoms with E-state index in [0.29, 0.717) is 27.6 Å². The van der Waals surface area contributed by atoms with Crippen LogP contribution in [0, 0.1) is 10.1 Å². The van der Waals surface area contributed by atoms with Gasteiger partial charge in [-0.15, -0.1) is 0 Å². The van der Waals surface area contributed by atoms with E-state index in [-0.39, 0.29) is 17.1 Å². The molecule has 1 N–H and O–H groups in total. The van der Waals surface area contributed by atoms with Crippen LogP contribution < -0.4 is 0 Å². The fourth-order valence-corrected chi connectivity index (χ4v) is 2.92. The molecule has 0 aliphatic heterocycles. The molecule has 2 heterocycles. The molecule has 0 amide bonds. The van der Waals surface area contributed by atoms with Gasteiger partial charge in [0.25, 0.3) is 5.69 Å². The zero-order valence-electron chi connectivity index (χ0n) is 11.9. The normalized spacial score (nSPS) is 10.9. The molecule has 122 valence electrons. The van der Waals surface area contributed by atoms with Gasteiger partial charge in [-0.1, -0.05) is 23.2 Å². The van der Waals surface area contributed by atoms with Crippen LogP contribution in [0.25, 0.3) is 16.9 Å². The number of carbonyl (C=O) groups is 1. The second-order valence-corrected chi connectivity index (χ2v) is 5.83. The van der Waals surface area contributed by atoms with Gasteiger partial charge in [0.05, 0.1) is 32.8 Å². The third-order valence-corrected chi connectivity index (χ3v) is 3.90. The van der Waals surface area contributed by atoms with Crippen molar-refractivity contribution in [2.24, 2.45) is 0 Å². The van der Waals surface area contributed by atoms with Crippen LogP contribution in [-0.2, 0) is 11.2 Å². The lowest BCUT2D eigenvalue weighted by Crippen LogP contribution is -2.04. The first-order chi connectivity index (χ1) is 11.4. The fraction of sp³-hybridized carbons (Fsp3) is 0.0667. The van der Waals surface area contributed by atoms with Gasteiger partial charge in [0, 0.05) is 23.9 Å². The van der Waals surface area contributed by atoms with Gasteiger partial charge in [-0.2, -0.15) is 0 Å². The van der Waals surface area contributed by atoms with Gasteiger partial charge in [-0.25, -0.2) is 4.98 Å². The van der Waals surface area contributed by atoms with Gasteiger partial charge < -0.3 is 9.51 Å². The van der Waals surface area contributed by atoms with Gasteiger partial charge in [-0.05, 0) is 18.2 Å². The molecule has 0 aliphatic carbocycles. The fourth-order valence-electron chi connectivity index (χ4n) is 2.40. The molecule has 2 aromatic heterocycles. The zero-order valence-corrected chi connectivity index (χ0v) is 13.5. The Morgan fingerprint density at radius 1 is 1.29 bits per heavy atom.